The van der Waals surface area contributed by atoms with Crippen LogP contribution in [0.5, 0.6) is 5.75 Å². The molecule has 0 spiro atoms. The molecule has 0 fully saturated rings. The fraction of sp³-hybridized carbons (Fsp3) is 0.125. The Bertz CT molecular complexity index is 2240. The van der Waals surface area contributed by atoms with E-state index in [0.29, 0.717) is 0 Å². The number of aryl methyl sites for hydroxylation is 1. The number of benzene rings is 4. The minimum atomic E-state index is -0.0736. The lowest BCUT2D eigenvalue weighted by atomic mass is 9.87. The number of imidazole rings is 1. The Morgan fingerprint density at radius 2 is 1.60 bits per heavy atom. The van der Waals surface area contributed by atoms with Crippen molar-refractivity contribution in [1.29, 1.82) is 0 Å². The quantitative estimate of drug-likeness (QED) is 0.160. The molecular weight excluding hydrogens is 552 g/mol. The predicted molar refractivity (Wildman–Crippen MR) is 177 cm³/mol. The van der Waals surface area contributed by atoms with E-state index < -0.39 is 0 Å². The summed E-state index contributed by atoms with van der Waals surface area (Å²) in [4.78, 5) is 4.55. The van der Waals surface area contributed by atoms with Gasteiger partial charge in [-0.1, -0.05) is 106 Å². The first-order chi connectivity index (χ1) is 21.8. The number of rotatable bonds is 4. The lowest BCUT2D eigenvalue weighted by Gasteiger charge is -2.25. The van der Waals surface area contributed by atoms with Gasteiger partial charge in [0, 0.05) is 17.3 Å². The first-order valence-electron chi connectivity index (χ1n) is 15.2. The average molecular weight is 585 g/mol. The number of fused-ring (bicyclic) bond motifs is 3. The van der Waals surface area contributed by atoms with Crippen molar-refractivity contribution in [2.45, 2.75) is 26.2 Å². The van der Waals surface area contributed by atoms with Crippen LogP contribution in [-0.2, 0) is 12.5 Å². The van der Waals surface area contributed by atoms with E-state index in [9.17, 15) is 0 Å². The first-order valence-corrected chi connectivity index (χ1v) is 15.2. The predicted octanol–water partition coefficient (Wildman–Crippen LogP) is 7.42. The maximum atomic E-state index is 6.90. The highest BCUT2D eigenvalue weighted by Crippen LogP contribution is 2.43. The Hall–Kier alpha value is -5.55. The normalized spacial score (nSPS) is 15.3. The molecule has 8 rings (SSSR count). The van der Waals surface area contributed by atoms with E-state index in [1.54, 1.807) is 0 Å². The molecule has 0 N–H and O–H groups in total. The van der Waals surface area contributed by atoms with E-state index in [1.807, 2.05) is 40.6 Å². The third-order valence-electron chi connectivity index (χ3n) is 8.62. The van der Waals surface area contributed by atoms with Gasteiger partial charge in [-0.15, -0.1) is 4.98 Å². The summed E-state index contributed by atoms with van der Waals surface area (Å²) in [5.41, 5.74) is 12.0. The Morgan fingerprint density at radius 1 is 0.822 bits per heavy atom. The molecular formula is C40H32N4O. The molecule has 6 aromatic rings. The zero-order valence-corrected chi connectivity index (χ0v) is 25.7. The van der Waals surface area contributed by atoms with E-state index >= 15 is 0 Å². The van der Waals surface area contributed by atoms with Crippen LogP contribution >= 0.6 is 0 Å². The standard InChI is InChI=1S/C40H32N4O/c1-40(2,3)28-23-41-25-43(24-28)37-22-38(34-20-19-27-11-9-16-33(39(27)34)31-14-5-6-15-32(31)37)45-30-13-10-12-29(21-30)44-26-42(4)35-17-7-8-18-36(35)44/h5-24H,1-4H3/b33-31?,37-22?,37-32?,38-22?,38-34+. The van der Waals surface area contributed by atoms with Crippen LogP contribution in [0.2, 0.25) is 0 Å². The van der Waals surface area contributed by atoms with Crippen molar-refractivity contribution in [3.05, 3.63) is 156 Å². The molecule has 5 nitrogen and oxygen atoms in total. The van der Waals surface area contributed by atoms with Crippen molar-refractivity contribution in [2.75, 3.05) is 0 Å². The number of para-hydroxylation sites is 2. The molecule has 5 heteroatoms. The van der Waals surface area contributed by atoms with Gasteiger partial charge in [0.2, 0.25) is 6.33 Å². The summed E-state index contributed by atoms with van der Waals surface area (Å²) in [6, 6.07) is 31.6. The van der Waals surface area contributed by atoms with Crippen molar-refractivity contribution in [1.82, 2.24) is 9.55 Å². The fourth-order valence-corrected chi connectivity index (χ4v) is 6.28. The van der Waals surface area contributed by atoms with Gasteiger partial charge in [0.1, 0.15) is 11.5 Å². The molecule has 0 amide bonds. The number of hydrogen-bond donors (Lipinski definition) is 0. The topological polar surface area (TPSA) is 34.8 Å². The molecule has 0 unspecified atom stereocenters. The second kappa shape index (κ2) is 10.3. The van der Waals surface area contributed by atoms with Crippen molar-refractivity contribution in [2.24, 2.45) is 7.05 Å². The Morgan fingerprint density at radius 3 is 2.47 bits per heavy atom. The summed E-state index contributed by atoms with van der Waals surface area (Å²) in [6.45, 7) is 6.60. The van der Waals surface area contributed by atoms with Crippen LogP contribution in [-0.4, -0.2) is 9.55 Å². The zero-order valence-electron chi connectivity index (χ0n) is 25.7. The first kappa shape index (κ1) is 27.0. The van der Waals surface area contributed by atoms with Gasteiger partial charge in [0.05, 0.1) is 35.7 Å². The molecule has 0 aliphatic heterocycles. The summed E-state index contributed by atoms with van der Waals surface area (Å²) in [5.74, 6) is 1.50. The number of nitrogens with zero attached hydrogens (tertiary/aromatic N) is 4. The molecule has 4 aromatic carbocycles. The molecule has 0 atom stereocenters. The van der Waals surface area contributed by atoms with Crippen LogP contribution in [0.4, 0.5) is 0 Å². The molecule has 2 aliphatic carbocycles. The average Bonchev–Trinajstić information content (AvgIpc) is 3.64. The van der Waals surface area contributed by atoms with Crippen LogP contribution < -0.4 is 13.9 Å². The van der Waals surface area contributed by atoms with E-state index in [0.717, 1.165) is 56.2 Å². The second-order valence-electron chi connectivity index (χ2n) is 12.6. The largest absolute Gasteiger partial charge is 0.458 e. The number of ether oxygens (including phenoxy) is 1. The van der Waals surface area contributed by atoms with Crippen molar-refractivity contribution < 1.29 is 13.9 Å². The lowest BCUT2D eigenvalue weighted by molar-refractivity contribution is -0.588. The Labute approximate surface area is 263 Å². The minimum absolute atomic E-state index is 0.0736. The van der Waals surface area contributed by atoms with E-state index in [1.165, 1.54) is 16.7 Å². The van der Waals surface area contributed by atoms with Gasteiger partial charge in [-0.2, -0.15) is 0 Å². The van der Waals surface area contributed by atoms with Gasteiger partial charge in [-0.05, 0) is 57.5 Å². The van der Waals surface area contributed by atoms with Crippen molar-refractivity contribution in [3.8, 4) is 22.6 Å². The van der Waals surface area contributed by atoms with Crippen LogP contribution in [0.3, 0.4) is 0 Å². The summed E-state index contributed by atoms with van der Waals surface area (Å²) in [6.07, 6.45) is 17.2. The molecule has 0 saturated heterocycles. The van der Waals surface area contributed by atoms with Gasteiger partial charge in [0.15, 0.2) is 0 Å². The monoisotopic (exact) mass is 584 g/mol. The van der Waals surface area contributed by atoms with Gasteiger partial charge in [-0.25, -0.2) is 0 Å². The lowest BCUT2D eigenvalue weighted by Crippen LogP contribution is -2.36. The molecule has 0 saturated carbocycles. The number of hydrogen-bond acceptors (Lipinski definition) is 2. The van der Waals surface area contributed by atoms with E-state index in [-0.39, 0.29) is 5.41 Å². The smallest absolute Gasteiger partial charge is 0.287 e. The third-order valence-corrected chi connectivity index (χ3v) is 8.62. The number of aromatic nitrogens is 4. The van der Waals surface area contributed by atoms with Crippen molar-refractivity contribution in [3.63, 3.8) is 0 Å². The minimum Gasteiger partial charge on any atom is -0.458 e. The van der Waals surface area contributed by atoms with Gasteiger partial charge < -0.3 is 18.4 Å². The van der Waals surface area contributed by atoms with Gasteiger partial charge in [0.25, 0.3) is 6.33 Å². The van der Waals surface area contributed by atoms with Crippen molar-refractivity contribution >= 4 is 28.4 Å². The number of allylic oxidation sites excluding steroid dienone is 3. The third kappa shape index (κ3) is 4.59. The van der Waals surface area contributed by atoms with Gasteiger partial charge >= 0.3 is 0 Å². The van der Waals surface area contributed by atoms with Crippen LogP contribution in [0, 0.1) is 12.7 Å². The van der Waals surface area contributed by atoms with Crippen LogP contribution in [0.1, 0.15) is 43.0 Å². The zero-order chi connectivity index (χ0) is 30.7. The van der Waals surface area contributed by atoms with E-state index in [2.05, 4.69) is 140 Å². The van der Waals surface area contributed by atoms with E-state index in [4.69, 9.17) is 4.74 Å². The summed E-state index contributed by atoms with van der Waals surface area (Å²) < 4.78 is 13.0. The molecule has 0 bridgehead atoms. The maximum Gasteiger partial charge on any atom is 0.287 e. The SMILES string of the molecule is Cn1[c-][n+](-c2cccc(O/C3=C4\C=Cc5cccc(c54)-c4ccccc4C([n+]4[c-]ncc(C(C)(C)C)c4)=C3)c2)c2ccccc21. The molecule has 2 aliphatic rings. The molecule has 2 aromatic heterocycles. The highest BCUT2D eigenvalue weighted by Gasteiger charge is 2.26. The molecule has 45 heavy (non-hydrogen) atoms. The van der Waals surface area contributed by atoms with Crippen LogP contribution in [0.25, 0.3) is 45.2 Å². The highest BCUT2D eigenvalue weighted by molar-refractivity contribution is 6.01. The fourth-order valence-electron chi connectivity index (χ4n) is 6.28. The maximum absolute atomic E-state index is 6.90. The summed E-state index contributed by atoms with van der Waals surface area (Å²) in [5, 5.41) is 0. The summed E-state index contributed by atoms with van der Waals surface area (Å²) in [7, 11) is 2.02. The Balaban J connectivity index is 1.33. The molecule has 2 heterocycles. The molecule has 218 valence electrons. The molecule has 0 radical (unpaired) electrons. The van der Waals surface area contributed by atoms with Crippen LogP contribution in [0.15, 0.2) is 121 Å². The highest BCUT2D eigenvalue weighted by atomic mass is 16.5. The van der Waals surface area contributed by atoms with Gasteiger partial charge in [-0.3, -0.25) is 0 Å². The Kier molecular flexibility index (Phi) is 6.17. The second-order valence-corrected chi connectivity index (χ2v) is 12.6. The summed E-state index contributed by atoms with van der Waals surface area (Å²) >= 11 is 0.